The van der Waals surface area contributed by atoms with E-state index in [2.05, 4.69) is 46.4 Å². The van der Waals surface area contributed by atoms with Gasteiger partial charge in [-0.15, -0.1) is 0 Å². The third kappa shape index (κ3) is 5.94. The lowest BCUT2D eigenvalue weighted by molar-refractivity contribution is -0.121. The third-order valence-electron chi connectivity index (χ3n) is 5.52. The maximum Gasteiger partial charge on any atom is 0.220 e. The van der Waals surface area contributed by atoms with Gasteiger partial charge in [-0.1, -0.05) is 18.2 Å². The molecule has 0 aromatic heterocycles. The Hall–Kier alpha value is -2.60. The fourth-order valence-corrected chi connectivity index (χ4v) is 3.59. The van der Waals surface area contributed by atoms with Crippen LogP contribution >= 0.6 is 0 Å². The number of aromatic hydroxyl groups is 1. The van der Waals surface area contributed by atoms with E-state index in [1.807, 2.05) is 6.92 Å². The second kappa shape index (κ2) is 9.74. The molecule has 2 N–H and O–H groups in total. The zero-order valence-corrected chi connectivity index (χ0v) is 17.2. The van der Waals surface area contributed by atoms with E-state index in [9.17, 15) is 14.3 Å². The normalized spacial score (nSPS) is 15.9. The lowest BCUT2D eigenvalue weighted by Gasteiger charge is -2.34. The summed E-state index contributed by atoms with van der Waals surface area (Å²) in [6.45, 7) is 6.20. The molecule has 0 saturated carbocycles. The zero-order valence-electron chi connectivity index (χ0n) is 17.2. The first-order chi connectivity index (χ1) is 13.9. The topological polar surface area (TPSA) is 55.8 Å². The van der Waals surface area contributed by atoms with Gasteiger partial charge < -0.3 is 20.2 Å². The molecule has 1 amide bonds. The summed E-state index contributed by atoms with van der Waals surface area (Å²) in [4.78, 5) is 17.0. The number of anilines is 1. The van der Waals surface area contributed by atoms with Gasteiger partial charge in [0.05, 0.1) is 6.04 Å². The van der Waals surface area contributed by atoms with Crippen LogP contribution in [0, 0.1) is 5.82 Å². The summed E-state index contributed by atoms with van der Waals surface area (Å²) < 4.78 is 13.4. The van der Waals surface area contributed by atoms with Gasteiger partial charge in [-0.25, -0.2) is 4.39 Å². The molecular formula is C23H30FN3O2. The monoisotopic (exact) mass is 399 g/mol. The Balaban J connectivity index is 1.44. The van der Waals surface area contributed by atoms with Crippen molar-refractivity contribution in [3.63, 3.8) is 0 Å². The average Bonchev–Trinajstić information content (AvgIpc) is 2.71. The molecule has 5 nitrogen and oxygen atoms in total. The molecule has 3 rings (SSSR count). The third-order valence-corrected chi connectivity index (χ3v) is 5.52. The van der Waals surface area contributed by atoms with E-state index in [1.165, 1.54) is 17.8 Å². The number of hydrogen-bond acceptors (Lipinski definition) is 4. The van der Waals surface area contributed by atoms with Gasteiger partial charge in [0.15, 0.2) is 11.6 Å². The van der Waals surface area contributed by atoms with Crippen molar-refractivity contribution >= 4 is 11.6 Å². The first-order valence-electron chi connectivity index (χ1n) is 10.2. The highest BCUT2D eigenvalue weighted by Crippen LogP contribution is 2.21. The highest BCUT2D eigenvalue weighted by molar-refractivity contribution is 5.76. The number of rotatable bonds is 7. The number of phenols is 1. The molecule has 6 heteroatoms. The van der Waals surface area contributed by atoms with Crippen molar-refractivity contribution in [1.29, 1.82) is 0 Å². The van der Waals surface area contributed by atoms with Gasteiger partial charge in [0.25, 0.3) is 0 Å². The SMILES string of the molecule is C[C@@H](NC(=O)CCCc1ccc(O)c(F)c1)c1ccc(N2CCN(C)CC2)cc1. The number of nitrogens with one attached hydrogen (secondary N) is 1. The van der Waals surface area contributed by atoms with Gasteiger partial charge >= 0.3 is 0 Å². The number of piperazine rings is 1. The standard InChI is InChI=1S/C23H30FN3O2/c1-17(19-7-9-20(10-8-19)27-14-12-26(2)13-15-27)25-23(29)5-3-4-18-6-11-22(28)21(24)16-18/h6-11,16-17,28H,3-5,12-15H2,1-2H3,(H,25,29)/t17-/m1/s1. The largest absolute Gasteiger partial charge is 0.505 e. The summed E-state index contributed by atoms with van der Waals surface area (Å²) >= 11 is 0. The number of hydrogen-bond donors (Lipinski definition) is 2. The quantitative estimate of drug-likeness (QED) is 0.748. The number of aryl methyl sites for hydroxylation is 1. The molecule has 1 fully saturated rings. The minimum absolute atomic E-state index is 0.0140. The van der Waals surface area contributed by atoms with E-state index in [1.54, 1.807) is 6.07 Å². The lowest BCUT2D eigenvalue weighted by Crippen LogP contribution is -2.44. The minimum atomic E-state index is -0.624. The van der Waals surface area contributed by atoms with Crippen molar-refractivity contribution in [1.82, 2.24) is 10.2 Å². The van der Waals surface area contributed by atoms with Gasteiger partial charge in [0.2, 0.25) is 5.91 Å². The molecular weight excluding hydrogens is 369 g/mol. The van der Waals surface area contributed by atoms with Gasteiger partial charge in [0.1, 0.15) is 0 Å². The van der Waals surface area contributed by atoms with Crippen LogP contribution in [0.1, 0.15) is 36.9 Å². The Bertz CT molecular complexity index is 817. The van der Waals surface area contributed by atoms with E-state index in [0.717, 1.165) is 37.3 Å². The summed E-state index contributed by atoms with van der Waals surface area (Å²) in [5, 5.41) is 12.3. The molecule has 2 aromatic carbocycles. The zero-order chi connectivity index (χ0) is 20.8. The summed E-state index contributed by atoms with van der Waals surface area (Å²) in [6.07, 6.45) is 1.61. The maximum atomic E-state index is 13.4. The van der Waals surface area contributed by atoms with Crippen molar-refractivity contribution < 1.29 is 14.3 Å². The van der Waals surface area contributed by atoms with Crippen LogP contribution in [0.2, 0.25) is 0 Å². The van der Waals surface area contributed by atoms with Crippen LogP contribution in [-0.4, -0.2) is 49.1 Å². The van der Waals surface area contributed by atoms with Crippen LogP contribution in [0.5, 0.6) is 5.75 Å². The summed E-state index contributed by atoms with van der Waals surface area (Å²) in [5.41, 5.74) is 3.08. The highest BCUT2D eigenvalue weighted by Gasteiger charge is 2.15. The minimum Gasteiger partial charge on any atom is -0.505 e. The predicted molar refractivity (Wildman–Crippen MR) is 114 cm³/mol. The van der Waals surface area contributed by atoms with E-state index < -0.39 is 5.82 Å². The van der Waals surface area contributed by atoms with Crippen molar-refractivity contribution in [2.45, 2.75) is 32.2 Å². The Morgan fingerprint density at radius 1 is 1.14 bits per heavy atom. The van der Waals surface area contributed by atoms with Crippen LogP contribution in [0.3, 0.4) is 0 Å². The molecule has 1 heterocycles. The Kier molecular flexibility index (Phi) is 7.09. The number of amides is 1. The van der Waals surface area contributed by atoms with Crippen molar-refractivity contribution in [2.75, 3.05) is 38.1 Å². The number of nitrogens with zero attached hydrogens (tertiary/aromatic N) is 2. The van der Waals surface area contributed by atoms with Crippen molar-refractivity contribution in [3.05, 3.63) is 59.4 Å². The lowest BCUT2D eigenvalue weighted by atomic mass is 10.1. The summed E-state index contributed by atoms with van der Waals surface area (Å²) in [5.74, 6) is -0.987. The molecule has 0 radical (unpaired) electrons. The molecule has 0 spiro atoms. The van der Waals surface area contributed by atoms with E-state index in [-0.39, 0.29) is 17.7 Å². The molecule has 1 aliphatic rings. The van der Waals surface area contributed by atoms with Crippen LogP contribution in [0.4, 0.5) is 10.1 Å². The number of likely N-dealkylation sites (N-methyl/N-ethyl adjacent to an activating group) is 1. The molecule has 1 atom stereocenters. The molecule has 0 aliphatic carbocycles. The Morgan fingerprint density at radius 2 is 1.83 bits per heavy atom. The molecule has 0 unspecified atom stereocenters. The van der Waals surface area contributed by atoms with E-state index in [0.29, 0.717) is 19.3 Å². The summed E-state index contributed by atoms with van der Waals surface area (Å²) in [6, 6.07) is 12.7. The van der Waals surface area contributed by atoms with Gasteiger partial charge in [-0.2, -0.15) is 0 Å². The number of benzene rings is 2. The molecule has 1 aliphatic heterocycles. The van der Waals surface area contributed by atoms with Crippen molar-refractivity contribution in [3.8, 4) is 5.75 Å². The summed E-state index contributed by atoms with van der Waals surface area (Å²) in [7, 11) is 2.15. The molecule has 156 valence electrons. The fraction of sp³-hybridized carbons (Fsp3) is 0.435. The molecule has 2 aromatic rings. The smallest absolute Gasteiger partial charge is 0.220 e. The van der Waals surface area contributed by atoms with Crippen LogP contribution < -0.4 is 10.2 Å². The van der Waals surface area contributed by atoms with E-state index in [4.69, 9.17) is 0 Å². The van der Waals surface area contributed by atoms with Crippen LogP contribution in [-0.2, 0) is 11.2 Å². The van der Waals surface area contributed by atoms with E-state index >= 15 is 0 Å². The highest BCUT2D eigenvalue weighted by atomic mass is 19.1. The fourth-order valence-electron chi connectivity index (χ4n) is 3.59. The number of carbonyl (C=O) groups is 1. The van der Waals surface area contributed by atoms with Crippen LogP contribution in [0.15, 0.2) is 42.5 Å². The van der Waals surface area contributed by atoms with Crippen LogP contribution in [0.25, 0.3) is 0 Å². The predicted octanol–water partition coefficient (Wildman–Crippen LogP) is 3.48. The number of carbonyl (C=O) groups excluding carboxylic acids is 1. The second-order valence-corrected chi connectivity index (χ2v) is 7.81. The second-order valence-electron chi connectivity index (χ2n) is 7.81. The Labute approximate surface area is 172 Å². The van der Waals surface area contributed by atoms with Gasteiger partial charge in [-0.05, 0) is 62.2 Å². The molecule has 0 bridgehead atoms. The maximum absolute atomic E-state index is 13.4. The Morgan fingerprint density at radius 3 is 2.48 bits per heavy atom. The number of phenolic OH excluding ortho intramolecular Hbond substituents is 1. The van der Waals surface area contributed by atoms with Gasteiger partial charge in [-0.3, -0.25) is 4.79 Å². The first kappa shape index (κ1) is 21.1. The van der Waals surface area contributed by atoms with Crippen molar-refractivity contribution in [2.24, 2.45) is 0 Å². The molecule has 29 heavy (non-hydrogen) atoms. The first-order valence-corrected chi connectivity index (χ1v) is 10.2. The molecule has 1 saturated heterocycles. The van der Waals surface area contributed by atoms with Gasteiger partial charge in [0, 0.05) is 38.3 Å². The average molecular weight is 400 g/mol. The number of halogens is 1.